The fourth-order valence-electron chi connectivity index (χ4n) is 4.36. The van der Waals surface area contributed by atoms with Crippen molar-refractivity contribution < 1.29 is 24.2 Å². The number of hydrogen-bond donors (Lipinski definition) is 1. The van der Waals surface area contributed by atoms with E-state index < -0.39 is 24.6 Å². The molecule has 1 atom stereocenters. The van der Waals surface area contributed by atoms with Crippen LogP contribution in [-0.4, -0.2) is 34.8 Å². The van der Waals surface area contributed by atoms with E-state index >= 15 is 0 Å². The van der Waals surface area contributed by atoms with E-state index in [1.807, 2.05) is 30.3 Å². The molecule has 4 aromatic rings. The van der Waals surface area contributed by atoms with Gasteiger partial charge in [-0.2, -0.15) is 0 Å². The largest absolute Gasteiger partial charge is 0.482 e. The van der Waals surface area contributed by atoms with Gasteiger partial charge in [-0.3, -0.25) is 9.36 Å². The number of rotatable bonds is 8. The molecule has 0 fully saturated rings. The van der Waals surface area contributed by atoms with Gasteiger partial charge in [0.1, 0.15) is 5.75 Å². The molecule has 40 heavy (non-hydrogen) atoms. The normalized spacial score (nSPS) is 14.8. The van der Waals surface area contributed by atoms with Gasteiger partial charge in [0.25, 0.3) is 5.56 Å². The Morgan fingerprint density at radius 2 is 1.75 bits per heavy atom. The number of carbonyl (C=O) groups is 2. The highest BCUT2D eigenvalue weighted by atomic mass is 35.5. The van der Waals surface area contributed by atoms with E-state index in [2.05, 4.69) is 0 Å². The number of esters is 1. The Morgan fingerprint density at radius 3 is 2.40 bits per heavy atom. The van der Waals surface area contributed by atoms with Gasteiger partial charge in [0.2, 0.25) is 0 Å². The molecule has 3 aromatic carbocycles. The summed E-state index contributed by atoms with van der Waals surface area (Å²) in [5.74, 6) is -1.23. The van der Waals surface area contributed by atoms with E-state index in [9.17, 15) is 14.4 Å². The Hall–Kier alpha value is -4.47. The maximum absolute atomic E-state index is 13.9. The molecule has 0 saturated carbocycles. The summed E-state index contributed by atoms with van der Waals surface area (Å²) in [4.78, 5) is 43.3. The number of carboxylic acids is 1. The fraction of sp³-hybridized carbons (Fsp3) is 0.133. The molecule has 0 amide bonds. The van der Waals surface area contributed by atoms with Crippen LogP contribution in [0.4, 0.5) is 0 Å². The van der Waals surface area contributed by atoms with Crippen LogP contribution in [0.2, 0.25) is 5.02 Å². The highest BCUT2D eigenvalue weighted by Crippen LogP contribution is 2.35. The number of hydrogen-bond acceptors (Lipinski definition) is 7. The Labute approximate surface area is 237 Å². The summed E-state index contributed by atoms with van der Waals surface area (Å²) in [6.45, 7) is 1.44. The Bertz CT molecular complexity index is 1780. The van der Waals surface area contributed by atoms with Crippen molar-refractivity contribution >= 4 is 46.6 Å². The van der Waals surface area contributed by atoms with Gasteiger partial charge < -0.3 is 14.6 Å². The molecule has 1 aromatic heterocycles. The predicted molar refractivity (Wildman–Crippen MR) is 152 cm³/mol. The molecule has 1 aliphatic heterocycles. The Kier molecular flexibility index (Phi) is 7.95. The number of halogens is 1. The monoisotopic (exact) mass is 574 g/mol. The van der Waals surface area contributed by atoms with Crippen LogP contribution >= 0.6 is 22.9 Å². The van der Waals surface area contributed by atoms with Crippen LogP contribution in [0.15, 0.2) is 94.2 Å². The number of aromatic nitrogens is 1. The molecule has 1 aliphatic rings. The van der Waals surface area contributed by atoms with Crippen molar-refractivity contribution in [3.8, 4) is 5.75 Å². The molecule has 0 radical (unpaired) electrons. The van der Waals surface area contributed by atoms with E-state index in [1.54, 1.807) is 61.5 Å². The molecule has 2 heterocycles. The molecule has 0 saturated heterocycles. The lowest BCUT2D eigenvalue weighted by atomic mass is 9.93. The van der Waals surface area contributed by atoms with Crippen molar-refractivity contribution in [1.82, 2.24) is 4.57 Å². The minimum atomic E-state index is -1.07. The van der Waals surface area contributed by atoms with Gasteiger partial charge in [0.05, 0.1) is 28.5 Å². The second kappa shape index (κ2) is 11.7. The molecule has 1 unspecified atom stereocenters. The van der Waals surface area contributed by atoms with Crippen molar-refractivity contribution in [1.29, 1.82) is 0 Å². The van der Waals surface area contributed by atoms with E-state index in [-0.39, 0.29) is 17.7 Å². The van der Waals surface area contributed by atoms with Crippen LogP contribution < -0.4 is 19.6 Å². The third-order valence-corrected chi connectivity index (χ3v) is 7.33. The first kappa shape index (κ1) is 27.1. The zero-order chi connectivity index (χ0) is 28.2. The van der Waals surface area contributed by atoms with Gasteiger partial charge in [-0.25, -0.2) is 14.6 Å². The molecule has 5 rings (SSSR count). The second-order valence-corrected chi connectivity index (χ2v) is 10.2. The minimum Gasteiger partial charge on any atom is -0.482 e. The molecule has 10 heteroatoms. The molecular formula is C30H23ClN2O6S. The van der Waals surface area contributed by atoms with Crippen LogP contribution in [0.25, 0.3) is 11.8 Å². The molecule has 1 N–H and O–H groups in total. The average Bonchev–Trinajstić information content (AvgIpc) is 3.27. The highest BCUT2D eigenvalue weighted by Gasteiger charge is 2.35. The molecule has 0 spiro atoms. The van der Waals surface area contributed by atoms with Crippen LogP contribution in [0.1, 0.15) is 29.7 Å². The van der Waals surface area contributed by atoms with Gasteiger partial charge in [0.15, 0.2) is 11.4 Å². The first-order valence-corrected chi connectivity index (χ1v) is 13.5. The lowest BCUT2D eigenvalue weighted by Crippen LogP contribution is -2.40. The number of carboxylic acid groups (broad SMARTS) is 1. The fourth-order valence-corrected chi connectivity index (χ4v) is 5.48. The molecule has 202 valence electrons. The van der Waals surface area contributed by atoms with Crippen LogP contribution in [0, 0.1) is 0 Å². The number of ether oxygens (including phenoxy) is 2. The van der Waals surface area contributed by atoms with Crippen molar-refractivity contribution in [2.75, 3.05) is 13.2 Å². The molecule has 8 nitrogen and oxygen atoms in total. The quantitative estimate of drug-likeness (QED) is 0.318. The van der Waals surface area contributed by atoms with Gasteiger partial charge in [0, 0.05) is 10.6 Å². The molecule has 0 bridgehead atoms. The third-order valence-electron chi connectivity index (χ3n) is 6.10. The number of benzene rings is 3. The Balaban J connectivity index is 1.70. The van der Waals surface area contributed by atoms with Gasteiger partial charge in [-0.1, -0.05) is 77.5 Å². The van der Waals surface area contributed by atoms with E-state index in [4.69, 9.17) is 31.2 Å². The van der Waals surface area contributed by atoms with E-state index in [0.29, 0.717) is 36.9 Å². The summed E-state index contributed by atoms with van der Waals surface area (Å²) >= 11 is 7.37. The minimum absolute atomic E-state index is 0.161. The predicted octanol–water partition coefficient (Wildman–Crippen LogP) is 4.05. The highest BCUT2D eigenvalue weighted by molar-refractivity contribution is 7.07. The van der Waals surface area contributed by atoms with Crippen LogP contribution in [-0.2, 0) is 14.3 Å². The first-order valence-electron chi connectivity index (χ1n) is 12.3. The van der Waals surface area contributed by atoms with Crippen molar-refractivity contribution in [2.45, 2.75) is 13.0 Å². The zero-order valence-electron chi connectivity index (χ0n) is 21.2. The lowest BCUT2D eigenvalue weighted by molar-refractivity contribution is -0.140. The first-order chi connectivity index (χ1) is 19.4. The maximum atomic E-state index is 13.9. The number of fused-ring (bicyclic) bond motifs is 1. The SMILES string of the molecule is CCOC(=O)C1=C(c2ccccc2)N=c2s/c(=C\c3ccc(OCC(=O)O)cc3)c(=O)n2C1c1ccc(Cl)cc1. The summed E-state index contributed by atoms with van der Waals surface area (Å²) in [7, 11) is 0. The van der Waals surface area contributed by atoms with Gasteiger partial charge >= 0.3 is 11.9 Å². The third kappa shape index (κ3) is 5.61. The summed E-state index contributed by atoms with van der Waals surface area (Å²) in [6, 6.07) is 22.2. The summed E-state index contributed by atoms with van der Waals surface area (Å²) in [5, 5.41) is 9.34. The van der Waals surface area contributed by atoms with Crippen molar-refractivity contribution in [3.63, 3.8) is 0 Å². The number of carbonyl (C=O) groups excluding carboxylic acids is 1. The number of thiazole rings is 1. The van der Waals surface area contributed by atoms with Gasteiger partial charge in [-0.15, -0.1) is 0 Å². The van der Waals surface area contributed by atoms with Gasteiger partial charge in [-0.05, 0) is 48.4 Å². The lowest BCUT2D eigenvalue weighted by Gasteiger charge is -2.25. The second-order valence-electron chi connectivity index (χ2n) is 8.73. The molecular weight excluding hydrogens is 552 g/mol. The van der Waals surface area contributed by atoms with Crippen LogP contribution in [0.5, 0.6) is 5.75 Å². The summed E-state index contributed by atoms with van der Waals surface area (Å²) in [6.07, 6.45) is 1.72. The summed E-state index contributed by atoms with van der Waals surface area (Å²) < 4.78 is 12.6. The number of aliphatic carboxylic acids is 1. The smallest absolute Gasteiger partial charge is 0.341 e. The van der Waals surface area contributed by atoms with Crippen LogP contribution in [0.3, 0.4) is 0 Å². The van der Waals surface area contributed by atoms with Crippen molar-refractivity contribution in [2.24, 2.45) is 4.99 Å². The topological polar surface area (TPSA) is 107 Å². The van der Waals surface area contributed by atoms with E-state index in [0.717, 1.165) is 5.56 Å². The summed E-state index contributed by atoms with van der Waals surface area (Å²) in [5.41, 5.74) is 2.50. The average molecular weight is 575 g/mol. The standard InChI is InChI=1S/C30H23ClN2O6S/c1-2-38-29(37)25-26(19-6-4-3-5-7-19)32-30-33(27(25)20-10-12-21(31)13-11-20)28(36)23(40-30)16-18-8-14-22(15-9-18)39-17-24(34)35/h3-16,27H,2,17H2,1H3,(H,34,35)/b23-16-. The molecule has 0 aliphatic carbocycles. The maximum Gasteiger partial charge on any atom is 0.341 e. The Morgan fingerprint density at radius 1 is 1.05 bits per heavy atom. The number of nitrogens with zero attached hydrogens (tertiary/aromatic N) is 2. The van der Waals surface area contributed by atoms with Crippen molar-refractivity contribution in [3.05, 3.63) is 126 Å². The van der Waals surface area contributed by atoms with E-state index in [1.165, 1.54) is 15.9 Å². The zero-order valence-corrected chi connectivity index (χ0v) is 22.8.